The first kappa shape index (κ1) is 13.8. The van der Waals surface area contributed by atoms with Crippen LogP contribution in [0.25, 0.3) is 0 Å². The van der Waals surface area contributed by atoms with E-state index in [4.69, 9.17) is 4.42 Å². The van der Waals surface area contributed by atoms with E-state index in [1.807, 2.05) is 0 Å². The molecule has 6 heteroatoms. The fourth-order valence-corrected chi connectivity index (χ4v) is 2.05. The van der Waals surface area contributed by atoms with Crippen LogP contribution in [-0.2, 0) is 4.74 Å². The molecule has 1 unspecified atom stereocenters. The van der Waals surface area contributed by atoms with Crippen LogP contribution in [0.1, 0.15) is 28.0 Å². The van der Waals surface area contributed by atoms with Gasteiger partial charge in [-0.1, -0.05) is 15.9 Å². The molecular formula is C13H10BrFO4. The van der Waals surface area contributed by atoms with Crippen LogP contribution >= 0.6 is 15.9 Å². The molecule has 2 aromatic rings. The Labute approximate surface area is 116 Å². The van der Waals surface area contributed by atoms with E-state index in [-0.39, 0.29) is 11.5 Å². The molecule has 0 bridgehead atoms. The highest BCUT2D eigenvalue weighted by atomic mass is 79.9. The lowest BCUT2D eigenvalue weighted by Crippen LogP contribution is -2.01. The number of carbonyl (C=O) groups is 1. The normalized spacial score (nSPS) is 12.2. The maximum atomic E-state index is 13.2. The molecule has 0 aliphatic carbocycles. The maximum absolute atomic E-state index is 13.2. The van der Waals surface area contributed by atoms with Crippen molar-refractivity contribution < 1.29 is 23.4 Å². The van der Waals surface area contributed by atoms with Gasteiger partial charge < -0.3 is 14.3 Å². The summed E-state index contributed by atoms with van der Waals surface area (Å²) >= 11 is 3.22. The van der Waals surface area contributed by atoms with Crippen LogP contribution in [0.4, 0.5) is 4.39 Å². The van der Waals surface area contributed by atoms with Gasteiger partial charge in [0.15, 0.2) is 0 Å². The van der Waals surface area contributed by atoms with Gasteiger partial charge in [0.2, 0.25) is 5.76 Å². The average molecular weight is 329 g/mol. The third kappa shape index (κ3) is 2.85. The molecule has 1 heterocycles. The van der Waals surface area contributed by atoms with Crippen molar-refractivity contribution >= 4 is 21.9 Å². The summed E-state index contributed by atoms with van der Waals surface area (Å²) in [6, 6.07) is 6.77. The lowest BCUT2D eigenvalue weighted by atomic mass is 10.1. The van der Waals surface area contributed by atoms with E-state index in [0.29, 0.717) is 10.0 Å². The minimum absolute atomic E-state index is 0.0240. The van der Waals surface area contributed by atoms with Crippen LogP contribution in [0, 0.1) is 5.82 Å². The number of benzene rings is 1. The van der Waals surface area contributed by atoms with Gasteiger partial charge in [0, 0.05) is 10.0 Å². The Morgan fingerprint density at radius 3 is 2.84 bits per heavy atom. The smallest absolute Gasteiger partial charge is 0.373 e. The molecule has 0 saturated heterocycles. The van der Waals surface area contributed by atoms with E-state index in [2.05, 4.69) is 20.7 Å². The summed E-state index contributed by atoms with van der Waals surface area (Å²) in [5.74, 6) is -1.01. The first-order chi connectivity index (χ1) is 9.02. The van der Waals surface area contributed by atoms with E-state index >= 15 is 0 Å². The molecule has 1 atom stereocenters. The zero-order chi connectivity index (χ0) is 14.0. The molecule has 0 saturated carbocycles. The lowest BCUT2D eigenvalue weighted by Gasteiger charge is -2.10. The Bertz CT molecular complexity index is 608. The van der Waals surface area contributed by atoms with Crippen molar-refractivity contribution in [1.29, 1.82) is 0 Å². The number of carbonyl (C=O) groups excluding carboxylic acids is 1. The topological polar surface area (TPSA) is 59.7 Å². The van der Waals surface area contributed by atoms with Crippen molar-refractivity contribution in [2.75, 3.05) is 7.11 Å². The number of aliphatic hydroxyl groups excluding tert-OH is 1. The highest BCUT2D eigenvalue weighted by molar-refractivity contribution is 9.10. The molecule has 0 fully saturated rings. The van der Waals surface area contributed by atoms with E-state index in [0.717, 1.165) is 0 Å². The highest BCUT2D eigenvalue weighted by Crippen LogP contribution is 2.30. The average Bonchev–Trinajstić information content (AvgIpc) is 2.89. The molecule has 4 nitrogen and oxygen atoms in total. The molecule has 19 heavy (non-hydrogen) atoms. The van der Waals surface area contributed by atoms with E-state index in [1.165, 1.54) is 37.4 Å². The predicted octanol–water partition coefficient (Wildman–Crippen LogP) is 3.05. The first-order valence-corrected chi connectivity index (χ1v) is 6.13. The second-order valence-corrected chi connectivity index (χ2v) is 4.62. The third-order valence-electron chi connectivity index (χ3n) is 2.54. The van der Waals surface area contributed by atoms with Crippen LogP contribution in [0.15, 0.2) is 39.2 Å². The predicted molar refractivity (Wildman–Crippen MR) is 68.2 cm³/mol. The van der Waals surface area contributed by atoms with Gasteiger partial charge in [0.1, 0.15) is 17.7 Å². The number of ether oxygens (including phenoxy) is 1. The van der Waals surface area contributed by atoms with Crippen LogP contribution in [0.2, 0.25) is 0 Å². The van der Waals surface area contributed by atoms with Gasteiger partial charge >= 0.3 is 5.97 Å². The van der Waals surface area contributed by atoms with Gasteiger partial charge in [0.25, 0.3) is 0 Å². The van der Waals surface area contributed by atoms with E-state index in [1.54, 1.807) is 0 Å². The molecule has 1 aromatic carbocycles. The highest BCUT2D eigenvalue weighted by Gasteiger charge is 2.20. The molecule has 0 radical (unpaired) electrons. The number of methoxy groups -OCH3 is 1. The lowest BCUT2D eigenvalue weighted by molar-refractivity contribution is 0.0558. The zero-order valence-electron chi connectivity index (χ0n) is 9.89. The van der Waals surface area contributed by atoms with Gasteiger partial charge in [-0.3, -0.25) is 0 Å². The maximum Gasteiger partial charge on any atom is 0.373 e. The summed E-state index contributed by atoms with van der Waals surface area (Å²) < 4.78 is 23.4. The van der Waals surface area contributed by atoms with Crippen molar-refractivity contribution in [2.24, 2.45) is 0 Å². The second-order valence-electron chi connectivity index (χ2n) is 3.76. The van der Waals surface area contributed by atoms with Crippen molar-refractivity contribution in [3.05, 3.63) is 57.7 Å². The Hall–Kier alpha value is -1.66. The molecule has 1 N–H and O–H groups in total. The first-order valence-electron chi connectivity index (χ1n) is 5.34. The van der Waals surface area contributed by atoms with Crippen LogP contribution in [0.5, 0.6) is 0 Å². The largest absolute Gasteiger partial charge is 0.463 e. The number of hydrogen-bond acceptors (Lipinski definition) is 4. The summed E-state index contributed by atoms with van der Waals surface area (Å²) in [6.07, 6.45) is -1.18. The third-order valence-corrected chi connectivity index (χ3v) is 3.26. The minimum Gasteiger partial charge on any atom is -0.463 e. The Kier molecular flexibility index (Phi) is 4.01. The Balaban J connectivity index is 2.33. The SMILES string of the molecule is COC(=O)c1ccc(C(O)c2cc(F)ccc2Br)o1. The molecule has 100 valence electrons. The number of furan rings is 1. The molecule has 0 aliphatic rings. The monoisotopic (exact) mass is 328 g/mol. The summed E-state index contributed by atoms with van der Waals surface area (Å²) in [5, 5.41) is 10.1. The summed E-state index contributed by atoms with van der Waals surface area (Å²) in [7, 11) is 1.23. The molecule has 1 aromatic heterocycles. The number of hydrogen-bond donors (Lipinski definition) is 1. The molecular weight excluding hydrogens is 319 g/mol. The molecule has 2 rings (SSSR count). The number of halogens is 2. The Morgan fingerprint density at radius 2 is 2.16 bits per heavy atom. The van der Waals surface area contributed by atoms with E-state index in [9.17, 15) is 14.3 Å². The quantitative estimate of drug-likeness (QED) is 0.880. The fourth-order valence-electron chi connectivity index (χ4n) is 1.59. The molecule has 0 amide bonds. The number of aliphatic hydroxyl groups is 1. The van der Waals surface area contributed by atoms with Gasteiger partial charge in [-0.2, -0.15) is 0 Å². The Morgan fingerprint density at radius 1 is 1.42 bits per heavy atom. The van der Waals surface area contributed by atoms with Crippen molar-refractivity contribution in [2.45, 2.75) is 6.10 Å². The van der Waals surface area contributed by atoms with Crippen LogP contribution in [-0.4, -0.2) is 18.2 Å². The number of esters is 1. The van der Waals surface area contributed by atoms with Crippen molar-refractivity contribution in [3.63, 3.8) is 0 Å². The number of rotatable bonds is 3. The second kappa shape index (κ2) is 5.54. The minimum atomic E-state index is -1.18. The molecule has 0 aliphatic heterocycles. The van der Waals surface area contributed by atoms with Gasteiger partial charge in [0.05, 0.1) is 7.11 Å². The summed E-state index contributed by atoms with van der Waals surface area (Å²) in [5.41, 5.74) is 0.311. The van der Waals surface area contributed by atoms with Crippen molar-refractivity contribution in [3.8, 4) is 0 Å². The summed E-state index contributed by atoms with van der Waals surface area (Å²) in [4.78, 5) is 11.2. The summed E-state index contributed by atoms with van der Waals surface area (Å²) in [6.45, 7) is 0. The van der Waals surface area contributed by atoms with Crippen molar-refractivity contribution in [1.82, 2.24) is 0 Å². The molecule has 0 spiro atoms. The zero-order valence-corrected chi connectivity index (χ0v) is 11.5. The standard InChI is InChI=1S/C13H10BrFO4/c1-18-13(17)11-5-4-10(19-11)12(16)8-6-7(15)2-3-9(8)14/h2-6,12,16H,1H3. The van der Waals surface area contributed by atoms with E-state index < -0.39 is 17.9 Å². The van der Waals surface area contributed by atoms with Gasteiger partial charge in [-0.25, -0.2) is 9.18 Å². The van der Waals surface area contributed by atoms with Gasteiger partial charge in [-0.15, -0.1) is 0 Å². The van der Waals surface area contributed by atoms with Crippen LogP contribution < -0.4 is 0 Å². The fraction of sp³-hybridized carbons (Fsp3) is 0.154. The van der Waals surface area contributed by atoms with Crippen LogP contribution in [0.3, 0.4) is 0 Å². The van der Waals surface area contributed by atoms with Gasteiger partial charge in [-0.05, 0) is 30.3 Å².